The minimum absolute atomic E-state index is 0.757. The zero-order valence-corrected chi connectivity index (χ0v) is 6.13. The second kappa shape index (κ2) is 3.15. The molecule has 1 rings (SSSR count). The number of hydrogen-bond donors (Lipinski definition) is 0. The lowest BCUT2D eigenvalue weighted by molar-refractivity contribution is -0.141. The molecule has 0 aromatic carbocycles. The average Bonchev–Trinajstić information content (AvgIpc) is 1.89. The zero-order valence-electron chi connectivity index (χ0n) is 6.13. The summed E-state index contributed by atoms with van der Waals surface area (Å²) in [4.78, 5) is 0. The molecule has 0 aromatic rings. The van der Waals surface area contributed by atoms with Crippen molar-refractivity contribution < 1.29 is 4.74 Å². The van der Waals surface area contributed by atoms with E-state index in [1.165, 1.54) is 0 Å². The van der Waals surface area contributed by atoms with Crippen LogP contribution < -0.4 is 0 Å². The summed E-state index contributed by atoms with van der Waals surface area (Å²) in [6.45, 7) is 5.82. The molecule has 0 amide bonds. The van der Waals surface area contributed by atoms with E-state index in [-0.39, 0.29) is 0 Å². The van der Waals surface area contributed by atoms with Crippen LogP contribution >= 0.6 is 0 Å². The predicted octanol–water partition coefficient (Wildman–Crippen LogP) is 0.143. The van der Waals surface area contributed by atoms with Crippen molar-refractivity contribution in [2.24, 2.45) is 0 Å². The summed E-state index contributed by atoms with van der Waals surface area (Å²) in [6, 6.07) is 0. The Kier molecular flexibility index (Phi) is 2.45. The fraction of sp³-hybridized carbons (Fsp3) is 1.00. The topological polar surface area (TPSA) is 15.7 Å². The third-order valence-electron chi connectivity index (χ3n) is 1.65. The Balaban J connectivity index is 2.30. The van der Waals surface area contributed by atoms with E-state index >= 15 is 0 Å². The summed E-state index contributed by atoms with van der Waals surface area (Å²) in [5, 5.41) is 4.37. The second-order valence-electron chi connectivity index (χ2n) is 2.24. The summed E-state index contributed by atoms with van der Waals surface area (Å²) in [5.41, 5.74) is 0. The summed E-state index contributed by atoms with van der Waals surface area (Å²) < 4.78 is 5.23. The van der Waals surface area contributed by atoms with Crippen molar-refractivity contribution in [2.75, 3.05) is 33.5 Å². The molecule has 9 heavy (non-hydrogen) atoms. The number of hydrazine groups is 1. The summed E-state index contributed by atoms with van der Waals surface area (Å²) in [6.07, 6.45) is 0. The normalized spacial score (nSPS) is 24.7. The molecule has 1 aliphatic heterocycles. The summed E-state index contributed by atoms with van der Waals surface area (Å²) in [5.74, 6) is 0. The quantitative estimate of drug-likeness (QED) is 0.502. The Morgan fingerprint density at radius 2 is 2.33 bits per heavy atom. The van der Waals surface area contributed by atoms with Gasteiger partial charge < -0.3 is 4.74 Å². The van der Waals surface area contributed by atoms with Crippen LogP contribution in [0.4, 0.5) is 0 Å². The first kappa shape index (κ1) is 6.99. The van der Waals surface area contributed by atoms with Crippen molar-refractivity contribution in [2.45, 2.75) is 6.92 Å². The molecule has 1 aliphatic rings. The Labute approximate surface area is 56.2 Å². The third kappa shape index (κ3) is 1.64. The first-order valence-corrected chi connectivity index (χ1v) is 3.38. The Hall–Kier alpha value is -0.120. The standard InChI is InChI=1S/C6H14N2O/c1-3-8-6-9-5-4-7(8)2/h3-6H2,1-2H3. The van der Waals surface area contributed by atoms with E-state index < -0.39 is 0 Å². The van der Waals surface area contributed by atoms with E-state index in [0.717, 1.165) is 26.4 Å². The fourth-order valence-corrected chi connectivity index (χ4v) is 0.939. The van der Waals surface area contributed by atoms with E-state index in [1.54, 1.807) is 0 Å². The molecule has 1 heterocycles. The van der Waals surface area contributed by atoms with Gasteiger partial charge in [0.2, 0.25) is 0 Å². The lowest BCUT2D eigenvalue weighted by Crippen LogP contribution is -2.47. The largest absolute Gasteiger partial charge is 0.363 e. The molecule has 1 fully saturated rings. The van der Waals surface area contributed by atoms with E-state index in [2.05, 4.69) is 24.0 Å². The van der Waals surface area contributed by atoms with Crippen molar-refractivity contribution in [3.8, 4) is 0 Å². The maximum absolute atomic E-state index is 5.23. The van der Waals surface area contributed by atoms with Gasteiger partial charge in [-0.05, 0) is 0 Å². The molecule has 0 spiro atoms. The Morgan fingerprint density at radius 3 is 2.78 bits per heavy atom. The zero-order chi connectivity index (χ0) is 6.69. The van der Waals surface area contributed by atoms with Crippen molar-refractivity contribution in [1.82, 2.24) is 10.0 Å². The molecule has 0 atom stereocenters. The Morgan fingerprint density at radius 1 is 1.56 bits per heavy atom. The van der Waals surface area contributed by atoms with Crippen molar-refractivity contribution in [1.29, 1.82) is 0 Å². The molecule has 0 aromatic heterocycles. The van der Waals surface area contributed by atoms with Crippen LogP contribution in [0, 0.1) is 0 Å². The maximum atomic E-state index is 5.23. The summed E-state index contributed by atoms with van der Waals surface area (Å²) >= 11 is 0. The first-order chi connectivity index (χ1) is 4.34. The fourth-order valence-electron chi connectivity index (χ4n) is 0.939. The van der Waals surface area contributed by atoms with Crippen LogP contribution in [-0.4, -0.2) is 43.5 Å². The van der Waals surface area contributed by atoms with Crippen molar-refractivity contribution in [3.63, 3.8) is 0 Å². The highest BCUT2D eigenvalue weighted by Crippen LogP contribution is 1.99. The van der Waals surface area contributed by atoms with Gasteiger partial charge in [0.05, 0.1) is 6.61 Å². The van der Waals surface area contributed by atoms with Crippen LogP contribution in [0.2, 0.25) is 0 Å². The number of hydrogen-bond acceptors (Lipinski definition) is 3. The van der Waals surface area contributed by atoms with Crippen LogP contribution in [0.25, 0.3) is 0 Å². The van der Waals surface area contributed by atoms with E-state index in [9.17, 15) is 0 Å². The predicted molar refractivity (Wildman–Crippen MR) is 35.8 cm³/mol. The second-order valence-corrected chi connectivity index (χ2v) is 2.24. The minimum atomic E-state index is 0.757. The molecular formula is C6H14N2O. The molecule has 3 nitrogen and oxygen atoms in total. The third-order valence-corrected chi connectivity index (χ3v) is 1.65. The SMILES string of the molecule is CCN1COCCN1C. The van der Waals surface area contributed by atoms with Gasteiger partial charge in [-0.1, -0.05) is 6.92 Å². The highest BCUT2D eigenvalue weighted by Gasteiger charge is 2.12. The van der Waals surface area contributed by atoms with Gasteiger partial charge in [0.15, 0.2) is 0 Å². The summed E-state index contributed by atoms with van der Waals surface area (Å²) in [7, 11) is 2.09. The van der Waals surface area contributed by atoms with Gasteiger partial charge in [0.25, 0.3) is 0 Å². The molecule has 54 valence electrons. The van der Waals surface area contributed by atoms with Gasteiger partial charge >= 0.3 is 0 Å². The van der Waals surface area contributed by atoms with Crippen LogP contribution in [-0.2, 0) is 4.74 Å². The number of likely N-dealkylation sites (N-methyl/N-ethyl adjacent to an activating group) is 1. The molecule has 0 unspecified atom stereocenters. The maximum Gasteiger partial charge on any atom is 0.112 e. The van der Waals surface area contributed by atoms with Crippen LogP contribution in [0.15, 0.2) is 0 Å². The van der Waals surface area contributed by atoms with E-state index in [1.807, 2.05) is 0 Å². The van der Waals surface area contributed by atoms with Gasteiger partial charge in [0, 0.05) is 20.1 Å². The average molecular weight is 130 g/mol. The number of rotatable bonds is 1. The van der Waals surface area contributed by atoms with Gasteiger partial charge in [-0.15, -0.1) is 0 Å². The molecule has 0 aliphatic carbocycles. The van der Waals surface area contributed by atoms with Gasteiger partial charge in [-0.25, -0.2) is 10.0 Å². The number of nitrogens with zero attached hydrogens (tertiary/aromatic N) is 2. The first-order valence-electron chi connectivity index (χ1n) is 3.38. The molecule has 0 radical (unpaired) electrons. The molecule has 3 heteroatoms. The van der Waals surface area contributed by atoms with Crippen molar-refractivity contribution in [3.05, 3.63) is 0 Å². The lowest BCUT2D eigenvalue weighted by Gasteiger charge is -2.34. The molecule has 0 saturated carbocycles. The molecular weight excluding hydrogens is 116 g/mol. The lowest BCUT2D eigenvalue weighted by atomic mass is 10.6. The molecule has 1 saturated heterocycles. The van der Waals surface area contributed by atoms with Crippen LogP contribution in [0.3, 0.4) is 0 Å². The minimum Gasteiger partial charge on any atom is -0.363 e. The van der Waals surface area contributed by atoms with E-state index in [0.29, 0.717) is 0 Å². The Bertz CT molecular complexity index is 87.1. The van der Waals surface area contributed by atoms with Gasteiger partial charge in [-0.2, -0.15) is 0 Å². The van der Waals surface area contributed by atoms with E-state index in [4.69, 9.17) is 4.74 Å². The molecule has 0 N–H and O–H groups in total. The smallest absolute Gasteiger partial charge is 0.112 e. The van der Waals surface area contributed by atoms with Crippen LogP contribution in [0.5, 0.6) is 0 Å². The van der Waals surface area contributed by atoms with Gasteiger partial charge in [-0.3, -0.25) is 0 Å². The van der Waals surface area contributed by atoms with Crippen LogP contribution in [0.1, 0.15) is 6.92 Å². The number of ether oxygens (including phenoxy) is 1. The van der Waals surface area contributed by atoms with Gasteiger partial charge in [0.1, 0.15) is 6.73 Å². The highest BCUT2D eigenvalue weighted by molar-refractivity contribution is 4.51. The molecule has 0 bridgehead atoms. The van der Waals surface area contributed by atoms with Crippen molar-refractivity contribution >= 4 is 0 Å². The monoisotopic (exact) mass is 130 g/mol. The highest BCUT2D eigenvalue weighted by atomic mass is 16.5.